The van der Waals surface area contributed by atoms with Crippen LogP contribution in [0.5, 0.6) is 0 Å². The van der Waals surface area contributed by atoms with Crippen LogP contribution >= 0.6 is 11.3 Å². The van der Waals surface area contributed by atoms with Gasteiger partial charge in [0.2, 0.25) is 5.95 Å². The molecule has 3 aromatic heterocycles. The lowest BCUT2D eigenvalue weighted by Gasteiger charge is -2.36. The van der Waals surface area contributed by atoms with E-state index in [1.165, 1.54) is 89.4 Å². The number of fused-ring (bicyclic) bond motifs is 16. The van der Waals surface area contributed by atoms with Crippen LogP contribution in [0.3, 0.4) is 0 Å². The van der Waals surface area contributed by atoms with Crippen molar-refractivity contribution in [3.05, 3.63) is 151 Å². The molecule has 0 aliphatic heterocycles. The summed E-state index contributed by atoms with van der Waals surface area (Å²) >= 11 is 1.80. The minimum atomic E-state index is -0.0593. The lowest BCUT2D eigenvalue weighted by molar-refractivity contribution is 0.354. The molecule has 3 nitrogen and oxygen atoms in total. The average molecular weight is 684 g/mol. The number of rotatable bonds is 2. The number of hydrogen-bond acceptors (Lipinski definition) is 3. The summed E-state index contributed by atoms with van der Waals surface area (Å²) in [5.41, 5.74) is 11.3. The second kappa shape index (κ2) is 10.6. The molecule has 52 heavy (non-hydrogen) atoms. The quantitative estimate of drug-likeness (QED) is 0.182. The van der Waals surface area contributed by atoms with Crippen LogP contribution in [0, 0.1) is 0 Å². The van der Waals surface area contributed by atoms with Gasteiger partial charge in [-0.2, -0.15) is 0 Å². The van der Waals surface area contributed by atoms with Crippen molar-refractivity contribution >= 4 is 75.0 Å². The smallest absolute Gasteiger partial charge is 0.235 e. The maximum Gasteiger partial charge on any atom is 0.235 e. The van der Waals surface area contributed by atoms with E-state index in [0.717, 1.165) is 45.8 Å². The van der Waals surface area contributed by atoms with Gasteiger partial charge in [-0.15, -0.1) is 11.3 Å². The first-order valence-electron chi connectivity index (χ1n) is 18.6. The van der Waals surface area contributed by atoms with Crippen LogP contribution in [0.2, 0.25) is 0 Å². The summed E-state index contributed by atoms with van der Waals surface area (Å²) in [5.74, 6) is 0.740. The fraction of sp³-hybridized carbons (Fsp3) is 0.125. The van der Waals surface area contributed by atoms with Gasteiger partial charge in [-0.25, -0.2) is 9.97 Å². The van der Waals surface area contributed by atoms with Crippen molar-refractivity contribution in [2.45, 2.75) is 37.5 Å². The third-order valence-electron chi connectivity index (χ3n) is 12.2. The molecule has 0 N–H and O–H groups in total. The van der Waals surface area contributed by atoms with Crippen molar-refractivity contribution in [3.8, 4) is 28.3 Å². The van der Waals surface area contributed by atoms with Crippen LogP contribution in [0.4, 0.5) is 0 Å². The van der Waals surface area contributed by atoms with E-state index in [-0.39, 0.29) is 5.41 Å². The summed E-state index contributed by atoms with van der Waals surface area (Å²) in [6.07, 6.45) is 6.07. The first kappa shape index (κ1) is 28.8. The van der Waals surface area contributed by atoms with Crippen molar-refractivity contribution < 1.29 is 0 Å². The Morgan fingerprint density at radius 3 is 2.12 bits per heavy atom. The molecule has 7 aromatic carbocycles. The summed E-state index contributed by atoms with van der Waals surface area (Å²) in [6, 6.07) is 51.4. The predicted molar refractivity (Wildman–Crippen MR) is 219 cm³/mol. The van der Waals surface area contributed by atoms with E-state index in [9.17, 15) is 0 Å². The Hall–Kier alpha value is -5.84. The molecular weight excluding hydrogens is 651 g/mol. The van der Waals surface area contributed by atoms with Gasteiger partial charge in [-0.05, 0) is 68.8 Å². The Morgan fingerprint density at radius 1 is 0.558 bits per heavy atom. The molecule has 246 valence electrons. The molecule has 0 radical (unpaired) electrons. The van der Waals surface area contributed by atoms with E-state index < -0.39 is 0 Å². The topological polar surface area (TPSA) is 30.7 Å². The summed E-state index contributed by atoms with van der Waals surface area (Å²) < 4.78 is 4.82. The molecule has 0 bridgehead atoms. The lowest BCUT2D eigenvalue weighted by Crippen LogP contribution is -2.28. The van der Waals surface area contributed by atoms with Crippen LogP contribution in [0.25, 0.3) is 92.0 Å². The minimum Gasteiger partial charge on any atom is -0.278 e. The van der Waals surface area contributed by atoms with Gasteiger partial charge in [-0.3, -0.25) is 4.57 Å². The first-order chi connectivity index (χ1) is 25.8. The normalized spacial score (nSPS) is 15.1. The summed E-state index contributed by atoms with van der Waals surface area (Å²) in [4.78, 5) is 11.3. The molecule has 1 saturated carbocycles. The van der Waals surface area contributed by atoms with Crippen molar-refractivity contribution in [1.82, 2.24) is 14.5 Å². The zero-order valence-electron chi connectivity index (χ0n) is 28.6. The molecule has 4 heteroatoms. The molecule has 2 aliphatic carbocycles. The van der Waals surface area contributed by atoms with Crippen molar-refractivity contribution in [2.24, 2.45) is 0 Å². The van der Waals surface area contributed by atoms with E-state index in [1.807, 2.05) is 0 Å². The van der Waals surface area contributed by atoms with Gasteiger partial charge in [0, 0.05) is 31.8 Å². The zero-order chi connectivity index (χ0) is 34.0. The Kier molecular flexibility index (Phi) is 5.87. The third kappa shape index (κ3) is 3.70. The van der Waals surface area contributed by atoms with Gasteiger partial charge in [0.25, 0.3) is 0 Å². The molecule has 12 rings (SSSR count). The number of aromatic nitrogens is 3. The maximum atomic E-state index is 5.71. The van der Waals surface area contributed by atoms with Gasteiger partial charge in [0.15, 0.2) is 0 Å². The van der Waals surface area contributed by atoms with Crippen LogP contribution in [0.1, 0.15) is 43.2 Å². The highest BCUT2D eigenvalue weighted by molar-refractivity contribution is 7.26. The Bertz CT molecular complexity index is 3120. The minimum absolute atomic E-state index is 0.0593. The second-order valence-electron chi connectivity index (χ2n) is 14.7. The molecule has 1 fully saturated rings. The Labute approximate surface area is 304 Å². The van der Waals surface area contributed by atoms with Gasteiger partial charge >= 0.3 is 0 Å². The molecule has 10 aromatic rings. The number of thiophene rings is 1. The SMILES string of the molecule is c1ccc2c(c1)-c1c(c3c(c4ccccc14)c1ccccc1n3-c1nc(-c3cccc4ccccc34)c3sc4ccccc4c3n1)C21CCCCC1. The van der Waals surface area contributed by atoms with Gasteiger partial charge < -0.3 is 0 Å². The average Bonchev–Trinajstić information content (AvgIpc) is 3.85. The number of hydrogen-bond donors (Lipinski definition) is 0. The fourth-order valence-electron chi connectivity index (χ4n) is 10.1. The van der Waals surface area contributed by atoms with Gasteiger partial charge in [0.1, 0.15) is 0 Å². The molecule has 3 heterocycles. The third-order valence-corrected chi connectivity index (χ3v) is 13.3. The van der Waals surface area contributed by atoms with Crippen LogP contribution in [0.15, 0.2) is 140 Å². The molecule has 0 amide bonds. The van der Waals surface area contributed by atoms with Crippen LogP contribution in [-0.4, -0.2) is 14.5 Å². The maximum absolute atomic E-state index is 5.71. The molecule has 0 unspecified atom stereocenters. The number of para-hydroxylation sites is 1. The molecular formula is C48H33N3S. The van der Waals surface area contributed by atoms with E-state index in [0.29, 0.717) is 0 Å². The first-order valence-corrected chi connectivity index (χ1v) is 19.4. The monoisotopic (exact) mass is 683 g/mol. The Morgan fingerprint density at radius 2 is 1.23 bits per heavy atom. The highest BCUT2D eigenvalue weighted by Crippen LogP contribution is 2.61. The largest absolute Gasteiger partial charge is 0.278 e. The lowest BCUT2D eigenvalue weighted by atomic mass is 9.67. The summed E-state index contributed by atoms with van der Waals surface area (Å²) in [5, 5.41) is 8.81. The molecule has 0 atom stereocenters. The van der Waals surface area contributed by atoms with Crippen molar-refractivity contribution in [1.29, 1.82) is 0 Å². The van der Waals surface area contributed by atoms with E-state index in [1.54, 1.807) is 11.3 Å². The standard InChI is InChI=1S/C48H33N3S/c1-12-27-48(28-13-1)37-24-9-6-20-34(37)40-31-18-4-5-19-32(31)41-35-21-7-10-25-38(35)51(45(41)42(40)48)47-49-43(33-23-14-16-29-15-2-3-17-30(29)33)46-44(50-47)36-22-8-11-26-39(36)52-46/h2-11,14-26H,1,12-13,27-28H2. The highest BCUT2D eigenvalue weighted by atomic mass is 32.1. The number of nitrogens with zero attached hydrogens (tertiary/aromatic N) is 3. The van der Waals surface area contributed by atoms with Gasteiger partial charge in [-0.1, -0.05) is 147 Å². The zero-order valence-corrected chi connectivity index (χ0v) is 29.4. The molecule has 0 saturated heterocycles. The van der Waals surface area contributed by atoms with Crippen molar-refractivity contribution in [2.75, 3.05) is 0 Å². The summed E-state index contributed by atoms with van der Waals surface area (Å²) in [7, 11) is 0. The van der Waals surface area contributed by atoms with Crippen LogP contribution in [-0.2, 0) is 5.41 Å². The van der Waals surface area contributed by atoms with E-state index >= 15 is 0 Å². The highest BCUT2D eigenvalue weighted by Gasteiger charge is 2.47. The number of benzene rings is 7. The fourth-order valence-corrected chi connectivity index (χ4v) is 11.2. The van der Waals surface area contributed by atoms with Crippen molar-refractivity contribution in [3.63, 3.8) is 0 Å². The Balaban J connectivity index is 1.31. The summed E-state index contributed by atoms with van der Waals surface area (Å²) in [6.45, 7) is 0. The van der Waals surface area contributed by atoms with Crippen LogP contribution < -0.4 is 0 Å². The molecule has 1 spiro atoms. The predicted octanol–water partition coefficient (Wildman–Crippen LogP) is 13.1. The van der Waals surface area contributed by atoms with E-state index in [2.05, 4.69) is 144 Å². The van der Waals surface area contributed by atoms with Gasteiger partial charge in [0.05, 0.1) is 26.9 Å². The second-order valence-corrected chi connectivity index (χ2v) is 15.8. The van der Waals surface area contributed by atoms with E-state index in [4.69, 9.17) is 9.97 Å². The molecule has 2 aliphatic rings.